The minimum atomic E-state index is -1.10. The summed E-state index contributed by atoms with van der Waals surface area (Å²) in [5.41, 5.74) is 0.217. The van der Waals surface area contributed by atoms with Gasteiger partial charge in [0.2, 0.25) is 0 Å². The Bertz CT molecular complexity index is 817. The third-order valence-corrected chi connectivity index (χ3v) is 5.98. The molecule has 150 valence electrons. The molecular weight excluding hydrogens is 358 g/mol. The lowest BCUT2D eigenvalue weighted by Gasteiger charge is -2.50. The third kappa shape index (κ3) is 3.57. The van der Waals surface area contributed by atoms with E-state index in [4.69, 9.17) is 9.47 Å². The molecule has 0 amide bonds. The highest BCUT2D eigenvalue weighted by Crippen LogP contribution is 2.40. The molecule has 2 atom stereocenters. The van der Waals surface area contributed by atoms with Crippen LogP contribution in [-0.2, 0) is 4.74 Å². The van der Waals surface area contributed by atoms with E-state index in [1.807, 2.05) is 36.4 Å². The maximum atomic E-state index is 10.4. The number of nitrogens with zero attached hydrogens (tertiary/aromatic N) is 3. The van der Waals surface area contributed by atoms with Crippen LogP contribution in [0.25, 0.3) is 11.3 Å². The molecule has 0 bridgehead atoms. The van der Waals surface area contributed by atoms with E-state index in [-0.39, 0.29) is 12.2 Å². The van der Waals surface area contributed by atoms with E-state index in [2.05, 4.69) is 15.1 Å². The molecule has 1 spiro atoms. The van der Waals surface area contributed by atoms with E-state index >= 15 is 0 Å². The number of rotatable bonds is 3. The SMILES string of the molecule is COc1ccccc1-c1ccc(N2CCC3(CC2)C[C@](C)(O)[C@@H](O)CO3)nn1. The summed E-state index contributed by atoms with van der Waals surface area (Å²) in [6, 6.07) is 11.7. The summed E-state index contributed by atoms with van der Waals surface area (Å²) >= 11 is 0. The molecule has 1 aromatic carbocycles. The van der Waals surface area contributed by atoms with Crippen molar-refractivity contribution in [3.8, 4) is 17.0 Å². The number of para-hydroxylation sites is 1. The lowest BCUT2D eigenvalue weighted by atomic mass is 9.76. The first kappa shape index (κ1) is 19.1. The van der Waals surface area contributed by atoms with Gasteiger partial charge in [-0.1, -0.05) is 12.1 Å². The maximum Gasteiger partial charge on any atom is 0.151 e. The van der Waals surface area contributed by atoms with Crippen LogP contribution in [0.5, 0.6) is 5.75 Å². The van der Waals surface area contributed by atoms with Crippen LogP contribution in [0, 0.1) is 0 Å². The summed E-state index contributed by atoms with van der Waals surface area (Å²) in [6.45, 7) is 3.42. The summed E-state index contributed by atoms with van der Waals surface area (Å²) in [5.74, 6) is 1.60. The standard InChI is InChI=1S/C21H27N3O4/c1-20(26)14-21(28-13-18(20)25)9-11-24(12-10-21)19-8-7-16(22-23-19)15-5-3-4-6-17(15)27-2/h3-8,18,25-26H,9-14H2,1-2H3/t18-,20-/m0/s1. The molecule has 2 aliphatic heterocycles. The van der Waals surface area contributed by atoms with Crippen molar-refractivity contribution >= 4 is 5.82 Å². The molecule has 2 saturated heterocycles. The van der Waals surface area contributed by atoms with Gasteiger partial charge in [0.25, 0.3) is 0 Å². The highest BCUT2D eigenvalue weighted by Gasteiger charge is 2.48. The molecule has 0 radical (unpaired) electrons. The summed E-state index contributed by atoms with van der Waals surface area (Å²) in [7, 11) is 1.65. The molecule has 0 saturated carbocycles. The summed E-state index contributed by atoms with van der Waals surface area (Å²) < 4.78 is 11.4. The molecule has 4 rings (SSSR count). The number of aliphatic hydroxyl groups excluding tert-OH is 1. The molecule has 2 N–H and O–H groups in total. The third-order valence-electron chi connectivity index (χ3n) is 5.98. The van der Waals surface area contributed by atoms with E-state index in [1.54, 1.807) is 14.0 Å². The van der Waals surface area contributed by atoms with Gasteiger partial charge in [0.05, 0.1) is 30.6 Å². The van der Waals surface area contributed by atoms with Gasteiger partial charge in [-0.2, -0.15) is 0 Å². The number of benzene rings is 1. The quantitative estimate of drug-likeness (QED) is 0.836. The highest BCUT2D eigenvalue weighted by atomic mass is 16.5. The van der Waals surface area contributed by atoms with Crippen molar-refractivity contribution in [2.75, 3.05) is 31.7 Å². The molecule has 1 aromatic heterocycles. The van der Waals surface area contributed by atoms with E-state index in [0.717, 1.165) is 48.8 Å². The molecule has 3 heterocycles. The van der Waals surface area contributed by atoms with Gasteiger partial charge in [0, 0.05) is 25.1 Å². The molecule has 0 unspecified atom stereocenters. The topological polar surface area (TPSA) is 87.9 Å². The molecule has 0 aliphatic carbocycles. The van der Waals surface area contributed by atoms with E-state index in [9.17, 15) is 10.2 Å². The van der Waals surface area contributed by atoms with Crippen LogP contribution in [0.15, 0.2) is 36.4 Å². The van der Waals surface area contributed by atoms with Crippen LogP contribution < -0.4 is 9.64 Å². The normalized spacial score (nSPS) is 27.0. The van der Waals surface area contributed by atoms with Gasteiger partial charge in [-0.15, -0.1) is 10.2 Å². The maximum absolute atomic E-state index is 10.4. The Labute approximate surface area is 164 Å². The average Bonchev–Trinajstić information content (AvgIpc) is 2.71. The van der Waals surface area contributed by atoms with Gasteiger partial charge < -0.3 is 24.6 Å². The number of hydrogen-bond donors (Lipinski definition) is 2. The zero-order valence-electron chi connectivity index (χ0n) is 16.3. The second-order valence-corrected chi connectivity index (χ2v) is 8.01. The first-order chi connectivity index (χ1) is 13.4. The smallest absolute Gasteiger partial charge is 0.151 e. The van der Waals surface area contributed by atoms with Crippen molar-refractivity contribution in [3.63, 3.8) is 0 Å². The number of methoxy groups -OCH3 is 1. The van der Waals surface area contributed by atoms with Crippen LogP contribution in [0.2, 0.25) is 0 Å². The summed E-state index contributed by atoms with van der Waals surface area (Å²) in [5, 5.41) is 29.2. The fourth-order valence-electron chi connectivity index (χ4n) is 4.21. The number of piperidine rings is 1. The van der Waals surface area contributed by atoms with Crippen LogP contribution in [0.4, 0.5) is 5.82 Å². The largest absolute Gasteiger partial charge is 0.496 e. The Morgan fingerprint density at radius 3 is 2.54 bits per heavy atom. The Morgan fingerprint density at radius 2 is 1.89 bits per heavy atom. The Kier molecular flexibility index (Phi) is 4.99. The van der Waals surface area contributed by atoms with Gasteiger partial charge in [-0.3, -0.25) is 0 Å². The minimum Gasteiger partial charge on any atom is -0.496 e. The number of ether oxygens (including phenoxy) is 2. The first-order valence-electron chi connectivity index (χ1n) is 9.69. The number of aliphatic hydroxyl groups is 2. The van der Waals surface area contributed by atoms with Crippen molar-refractivity contribution in [2.45, 2.75) is 43.5 Å². The van der Waals surface area contributed by atoms with Crippen LogP contribution in [-0.4, -0.2) is 64.5 Å². The van der Waals surface area contributed by atoms with Crippen LogP contribution in [0.1, 0.15) is 26.2 Å². The molecule has 2 aromatic rings. The van der Waals surface area contributed by atoms with Crippen molar-refractivity contribution in [1.82, 2.24) is 10.2 Å². The lowest BCUT2D eigenvalue weighted by molar-refractivity contribution is -0.216. The first-order valence-corrected chi connectivity index (χ1v) is 9.69. The van der Waals surface area contributed by atoms with Gasteiger partial charge in [-0.25, -0.2) is 0 Å². The van der Waals surface area contributed by atoms with E-state index in [0.29, 0.717) is 6.42 Å². The monoisotopic (exact) mass is 385 g/mol. The van der Waals surface area contributed by atoms with Gasteiger partial charge in [0.1, 0.15) is 11.9 Å². The molecule has 2 fully saturated rings. The number of anilines is 1. The Hall–Kier alpha value is -2.22. The zero-order valence-corrected chi connectivity index (χ0v) is 16.3. The molecule has 7 heteroatoms. The zero-order chi connectivity index (χ0) is 19.8. The fraction of sp³-hybridized carbons (Fsp3) is 0.524. The summed E-state index contributed by atoms with van der Waals surface area (Å²) in [6.07, 6.45) is 1.19. The van der Waals surface area contributed by atoms with Crippen molar-refractivity contribution in [2.24, 2.45) is 0 Å². The van der Waals surface area contributed by atoms with Gasteiger partial charge in [0.15, 0.2) is 5.82 Å². The molecular formula is C21H27N3O4. The lowest BCUT2D eigenvalue weighted by Crippen LogP contribution is -2.59. The van der Waals surface area contributed by atoms with Crippen LogP contribution >= 0.6 is 0 Å². The van der Waals surface area contributed by atoms with Crippen molar-refractivity contribution < 1.29 is 19.7 Å². The van der Waals surface area contributed by atoms with Gasteiger partial charge >= 0.3 is 0 Å². The predicted octanol–water partition coefficient (Wildman–Crippen LogP) is 2.02. The minimum absolute atomic E-state index is 0.181. The summed E-state index contributed by atoms with van der Waals surface area (Å²) in [4.78, 5) is 2.19. The van der Waals surface area contributed by atoms with Crippen molar-refractivity contribution in [3.05, 3.63) is 36.4 Å². The van der Waals surface area contributed by atoms with Gasteiger partial charge in [-0.05, 0) is 44.0 Å². The Balaban J connectivity index is 1.44. The number of aromatic nitrogens is 2. The average molecular weight is 385 g/mol. The van der Waals surface area contributed by atoms with Crippen molar-refractivity contribution in [1.29, 1.82) is 0 Å². The molecule has 2 aliphatic rings. The molecule has 7 nitrogen and oxygen atoms in total. The number of hydrogen-bond acceptors (Lipinski definition) is 7. The predicted molar refractivity (Wildman–Crippen MR) is 105 cm³/mol. The second kappa shape index (κ2) is 7.31. The van der Waals surface area contributed by atoms with E-state index in [1.165, 1.54) is 0 Å². The van der Waals surface area contributed by atoms with Crippen LogP contribution in [0.3, 0.4) is 0 Å². The van der Waals surface area contributed by atoms with E-state index < -0.39 is 11.7 Å². The Morgan fingerprint density at radius 1 is 1.14 bits per heavy atom. The highest BCUT2D eigenvalue weighted by molar-refractivity contribution is 5.67. The fourth-order valence-corrected chi connectivity index (χ4v) is 4.21. The second-order valence-electron chi connectivity index (χ2n) is 8.01. The molecule has 28 heavy (non-hydrogen) atoms.